The van der Waals surface area contributed by atoms with E-state index >= 15 is 0 Å². The summed E-state index contributed by atoms with van der Waals surface area (Å²) in [6.07, 6.45) is 2.25. The van der Waals surface area contributed by atoms with Gasteiger partial charge < -0.3 is 15.2 Å². The second-order valence-corrected chi connectivity index (χ2v) is 5.51. The molecule has 0 saturated heterocycles. The van der Waals surface area contributed by atoms with Gasteiger partial charge in [0, 0.05) is 13.2 Å². The molecule has 0 bridgehead atoms. The summed E-state index contributed by atoms with van der Waals surface area (Å²) < 4.78 is 5.43. The van der Waals surface area contributed by atoms with E-state index in [2.05, 4.69) is 26.1 Å². The summed E-state index contributed by atoms with van der Waals surface area (Å²) in [4.78, 5) is 0. The van der Waals surface area contributed by atoms with Crippen LogP contribution < -0.4 is 5.32 Å². The molecule has 2 N–H and O–H groups in total. The van der Waals surface area contributed by atoms with E-state index in [0.29, 0.717) is 25.0 Å². The predicted molar refractivity (Wildman–Crippen MR) is 66.4 cm³/mol. The molecule has 3 heteroatoms. The summed E-state index contributed by atoms with van der Waals surface area (Å²) in [6, 6.07) is 0. The van der Waals surface area contributed by atoms with Gasteiger partial charge in [0.05, 0.1) is 12.7 Å². The summed E-state index contributed by atoms with van der Waals surface area (Å²) in [5.74, 6) is 2.12. The minimum absolute atomic E-state index is 0.363. The van der Waals surface area contributed by atoms with Gasteiger partial charge in [-0.3, -0.25) is 0 Å². The maximum Gasteiger partial charge on any atom is 0.0897 e. The largest absolute Gasteiger partial charge is 0.389 e. The number of hydrogen-bond acceptors (Lipinski definition) is 3. The molecule has 1 rings (SSSR count). The van der Waals surface area contributed by atoms with E-state index in [1.807, 2.05) is 0 Å². The van der Waals surface area contributed by atoms with Crippen molar-refractivity contribution in [2.75, 3.05) is 26.3 Å². The first-order valence-electron chi connectivity index (χ1n) is 6.56. The SMILES string of the molecule is CC(C)C(C)CNCC(O)COCC1CC1. The molecule has 0 heterocycles. The Morgan fingerprint density at radius 1 is 1.25 bits per heavy atom. The third-order valence-corrected chi connectivity index (χ3v) is 3.35. The van der Waals surface area contributed by atoms with E-state index in [-0.39, 0.29) is 6.10 Å². The molecule has 1 fully saturated rings. The maximum absolute atomic E-state index is 9.65. The van der Waals surface area contributed by atoms with Gasteiger partial charge in [0.25, 0.3) is 0 Å². The van der Waals surface area contributed by atoms with Crippen molar-refractivity contribution < 1.29 is 9.84 Å². The number of nitrogens with one attached hydrogen (secondary N) is 1. The van der Waals surface area contributed by atoms with Crippen molar-refractivity contribution in [3.05, 3.63) is 0 Å². The second-order valence-electron chi connectivity index (χ2n) is 5.51. The molecule has 96 valence electrons. The van der Waals surface area contributed by atoms with Crippen LogP contribution in [-0.4, -0.2) is 37.5 Å². The van der Waals surface area contributed by atoms with Crippen LogP contribution in [-0.2, 0) is 4.74 Å². The van der Waals surface area contributed by atoms with Crippen molar-refractivity contribution in [2.45, 2.75) is 39.7 Å². The van der Waals surface area contributed by atoms with Crippen LogP contribution in [0.5, 0.6) is 0 Å². The van der Waals surface area contributed by atoms with Gasteiger partial charge in [-0.1, -0.05) is 20.8 Å². The highest BCUT2D eigenvalue weighted by Crippen LogP contribution is 2.28. The zero-order valence-corrected chi connectivity index (χ0v) is 10.9. The third kappa shape index (κ3) is 6.46. The lowest BCUT2D eigenvalue weighted by atomic mass is 9.98. The summed E-state index contributed by atoms with van der Waals surface area (Å²) in [7, 11) is 0. The second kappa shape index (κ2) is 7.25. The minimum Gasteiger partial charge on any atom is -0.389 e. The Morgan fingerprint density at radius 3 is 2.50 bits per heavy atom. The van der Waals surface area contributed by atoms with Crippen LogP contribution in [0.4, 0.5) is 0 Å². The normalized spacial score (nSPS) is 20.1. The highest BCUT2D eigenvalue weighted by atomic mass is 16.5. The Morgan fingerprint density at radius 2 is 1.94 bits per heavy atom. The average Bonchev–Trinajstić information content (AvgIpc) is 3.01. The van der Waals surface area contributed by atoms with Gasteiger partial charge >= 0.3 is 0 Å². The Labute approximate surface area is 99.6 Å². The Hall–Kier alpha value is -0.120. The lowest BCUT2D eigenvalue weighted by Crippen LogP contribution is -2.34. The molecular weight excluding hydrogens is 202 g/mol. The third-order valence-electron chi connectivity index (χ3n) is 3.35. The van der Waals surface area contributed by atoms with Crippen molar-refractivity contribution in [2.24, 2.45) is 17.8 Å². The van der Waals surface area contributed by atoms with Crippen LogP contribution in [0.25, 0.3) is 0 Å². The molecule has 1 aliphatic rings. The lowest BCUT2D eigenvalue weighted by Gasteiger charge is -2.18. The van der Waals surface area contributed by atoms with E-state index in [0.717, 1.165) is 19.1 Å². The molecule has 0 spiro atoms. The first-order chi connectivity index (χ1) is 7.59. The van der Waals surface area contributed by atoms with Crippen LogP contribution in [0.1, 0.15) is 33.6 Å². The van der Waals surface area contributed by atoms with Crippen LogP contribution in [0.2, 0.25) is 0 Å². The Kier molecular flexibility index (Phi) is 6.32. The summed E-state index contributed by atoms with van der Waals surface area (Å²) >= 11 is 0. The Balaban J connectivity index is 1.90. The lowest BCUT2D eigenvalue weighted by molar-refractivity contribution is 0.0321. The maximum atomic E-state index is 9.65. The molecule has 3 nitrogen and oxygen atoms in total. The van der Waals surface area contributed by atoms with Gasteiger partial charge in [-0.15, -0.1) is 0 Å². The first-order valence-corrected chi connectivity index (χ1v) is 6.56. The fourth-order valence-corrected chi connectivity index (χ4v) is 1.43. The molecule has 0 aromatic rings. The van der Waals surface area contributed by atoms with Gasteiger partial charge in [0.15, 0.2) is 0 Å². The van der Waals surface area contributed by atoms with Crippen molar-refractivity contribution in [3.8, 4) is 0 Å². The van der Waals surface area contributed by atoms with Gasteiger partial charge in [0.1, 0.15) is 0 Å². The number of aliphatic hydroxyl groups is 1. The molecule has 0 amide bonds. The van der Waals surface area contributed by atoms with Crippen molar-refractivity contribution in [3.63, 3.8) is 0 Å². The fourth-order valence-electron chi connectivity index (χ4n) is 1.43. The highest BCUT2D eigenvalue weighted by molar-refractivity contribution is 4.72. The monoisotopic (exact) mass is 229 g/mol. The average molecular weight is 229 g/mol. The van der Waals surface area contributed by atoms with Gasteiger partial charge in [0.2, 0.25) is 0 Å². The summed E-state index contributed by atoms with van der Waals surface area (Å²) in [5, 5.41) is 12.9. The highest BCUT2D eigenvalue weighted by Gasteiger charge is 2.21. The molecular formula is C13H27NO2. The van der Waals surface area contributed by atoms with Crippen molar-refractivity contribution in [1.29, 1.82) is 0 Å². The van der Waals surface area contributed by atoms with Gasteiger partial charge in [-0.2, -0.15) is 0 Å². The van der Waals surface area contributed by atoms with Crippen molar-refractivity contribution in [1.82, 2.24) is 5.32 Å². The van der Waals surface area contributed by atoms with E-state index in [1.54, 1.807) is 0 Å². The number of ether oxygens (including phenoxy) is 1. The van der Waals surface area contributed by atoms with Crippen LogP contribution >= 0.6 is 0 Å². The van der Waals surface area contributed by atoms with Crippen LogP contribution in [0.15, 0.2) is 0 Å². The van der Waals surface area contributed by atoms with Gasteiger partial charge in [-0.25, -0.2) is 0 Å². The van der Waals surface area contributed by atoms with E-state index < -0.39 is 0 Å². The fraction of sp³-hybridized carbons (Fsp3) is 1.00. The summed E-state index contributed by atoms with van der Waals surface area (Å²) in [6.45, 7) is 9.59. The molecule has 2 atom stereocenters. The molecule has 0 aromatic heterocycles. The van der Waals surface area contributed by atoms with Crippen LogP contribution in [0.3, 0.4) is 0 Å². The zero-order chi connectivity index (χ0) is 12.0. The molecule has 1 saturated carbocycles. The van der Waals surface area contributed by atoms with E-state index in [1.165, 1.54) is 12.8 Å². The first kappa shape index (κ1) is 13.9. The molecule has 16 heavy (non-hydrogen) atoms. The minimum atomic E-state index is -0.363. The topological polar surface area (TPSA) is 41.5 Å². The van der Waals surface area contributed by atoms with Crippen molar-refractivity contribution >= 4 is 0 Å². The number of hydrogen-bond donors (Lipinski definition) is 2. The molecule has 1 aliphatic carbocycles. The quantitative estimate of drug-likeness (QED) is 0.632. The molecule has 2 unspecified atom stereocenters. The van der Waals surface area contributed by atoms with Crippen LogP contribution in [0, 0.1) is 17.8 Å². The predicted octanol–water partition coefficient (Wildman–Crippen LogP) is 1.66. The zero-order valence-electron chi connectivity index (χ0n) is 10.9. The van der Waals surface area contributed by atoms with E-state index in [9.17, 15) is 5.11 Å². The standard InChI is InChI=1S/C13H27NO2/c1-10(2)11(3)6-14-7-13(15)9-16-8-12-4-5-12/h10-15H,4-9H2,1-3H3. The summed E-state index contributed by atoms with van der Waals surface area (Å²) in [5.41, 5.74) is 0. The number of aliphatic hydroxyl groups excluding tert-OH is 1. The Bertz CT molecular complexity index is 181. The molecule has 0 radical (unpaired) electrons. The van der Waals surface area contributed by atoms with Gasteiger partial charge in [-0.05, 0) is 37.1 Å². The smallest absolute Gasteiger partial charge is 0.0897 e. The molecule has 0 aromatic carbocycles. The van der Waals surface area contributed by atoms with E-state index in [4.69, 9.17) is 4.74 Å². The number of rotatable bonds is 9. The molecule has 0 aliphatic heterocycles.